The van der Waals surface area contributed by atoms with E-state index in [0.29, 0.717) is 0 Å². The third-order valence-electron chi connectivity index (χ3n) is 3.35. The Morgan fingerprint density at radius 2 is 1.68 bits per heavy atom. The molecule has 0 spiro atoms. The molecule has 0 aliphatic heterocycles. The SMILES string of the molecule is CSCCCCCCNc1ccc2ccccc2c1. The van der Waals surface area contributed by atoms with Crippen molar-refractivity contribution in [2.45, 2.75) is 25.7 Å². The maximum atomic E-state index is 3.52. The van der Waals surface area contributed by atoms with E-state index < -0.39 is 0 Å². The second-order valence-electron chi connectivity index (χ2n) is 4.90. The molecule has 1 N–H and O–H groups in total. The van der Waals surface area contributed by atoms with Gasteiger partial charge in [-0.2, -0.15) is 11.8 Å². The van der Waals surface area contributed by atoms with Crippen molar-refractivity contribution in [2.75, 3.05) is 23.9 Å². The monoisotopic (exact) mass is 273 g/mol. The van der Waals surface area contributed by atoms with Gasteiger partial charge in [-0.15, -0.1) is 0 Å². The van der Waals surface area contributed by atoms with Gasteiger partial charge in [0.25, 0.3) is 0 Å². The molecule has 0 aromatic heterocycles. The van der Waals surface area contributed by atoms with Gasteiger partial charge >= 0.3 is 0 Å². The maximum absolute atomic E-state index is 3.52. The second-order valence-corrected chi connectivity index (χ2v) is 5.88. The van der Waals surface area contributed by atoms with Crippen LogP contribution in [0.25, 0.3) is 10.8 Å². The van der Waals surface area contributed by atoms with Gasteiger partial charge in [0.1, 0.15) is 0 Å². The summed E-state index contributed by atoms with van der Waals surface area (Å²) in [6.45, 7) is 1.08. The number of hydrogen-bond acceptors (Lipinski definition) is 2. The van der Waals surface area contributed by atoms with Crippen molar-refractivity contribution in [2.24, 2.45) is 0 Å². The first-order valence-corrected chi connectivity index (χ1v) is 8.51. The number of rotatable bonds is 8. The molecule has 0 unspecified atom stereocenters. The maximum Gasteiger partial charge on any atom is 0.0346 e. The molecule has 0 heterocycles. The third-order valence-corrected chi connectivity index (χ3v) is 4.05. The predicted octanol–water partition coefficient (Wildman–Crippen LogP) is 5.18. The Balaban J connectivity index is 1.72. The smallest absolute Gasteiger partial charge is 0.0346 e. The lowest BCUT2D eigenvalue weighted by Crippen LogP contribution is -2.01. The minimum Gasteiger partial charge on any atom is -0.385 e. The van der Waals surface area contributed by atoms with Gasteiger partial charge in [0.15, 0.2) is 0 Å². The van der Waals surface area contributed by atoms with Crippen molar-refractivity contribution in [1.29, 1.82) is 0 Å². The highest BCUT2D eigenvalue weighted by Crippen LogP contribution is 2.18. The van der Waals surface area contributed by atoms with E-state index in [0.717, 1.165) is 6.54 Å². The van der Waals surface area contributed by atoms with Crippen molar-refractivity contribution in [3.05, 3.63) is 42.5 Å². The van der Waals surface area contributed by atoms with Gasteiger partial charge in [0, 0.05) is 12.2 Å². The van der Waals surface area contributed by atoms with Crippen LogP contribution in [0.15, 0.2) is 42.5 Å². The lowest BCUT2D eigenvalue weighted by molar-refractivity contribution is 0.689. The summed E-state index contributed by atoms with van der Waals surface area (Å²) in [5, 5.41) is 6.15. The summed E-state index contributed by atoms with van der Waals surface area (Å²) >= 11 is 1.95. The van der Waals surface area contributed by atoms with Gasteiger partial charge in [-0.3, -0.25) is 0 Å². The van der Waals surface area contributed by atoms with E-state index in [1.165, 1.54) is 47.9 Å². The zero-order valence-electron chi connectivity index (χ0n) is 11.7. The molecule has 0 bridgehead atoms. The first-order valence-electron chi connectivity index (χ1n) is 7.12. The summed E-state index contributed by atoms with van der Waals surface area (Å²) < 4.78 is 0. The van der Waals surface area contributed by atoms with Crippen LogP contribution in [0.5, 0.6) is 0 Å². The fourth-order valence-electron chi connectivity index (χ4n) is 2.26. The normalized spacial score (nSPS) is 10.8. The number of benzene rings is 2. The molecule has 2 rings (SSSR count). The number of fused-ring (bicyclic) bond motifs is 1. The Kier molecular flexibility index (Phi) is 6.09. The number of thioether (sulfide) groups is 1. The average molecular weight is 273 g/mol. The molecule has 1 nitrogen and oxygen atoms in total. The van der Waals surface area contributed by atoms with Gasteiger partial charge in [0.2, 0.25) is 0 Å². The minimum absolute atomic E-state index is 1.08. The first-order chi connectivity index (χ1) is 9.40. The van der Waals surface area contributed by atoms with Crippen molar-refractivity contribution in [3.8, 4) is 0 Å². The summed E-state index contributed by atoms with van der Waals surface area (Å²) in [6, 6.07) is 15.1. The van der Waals surface area contributed by atoms with Gasteiger partial charge in [-0.05, 0) is 47.8 Å². The van der Waals surface area contributed by atoms with Crippen LogP contribution >= 0.6 is 11.8 Å². The Bertz CT molecular complexity index is 495. The summed E-state index contributed by atoms with van der Waals surface area (Å²) in [6.07, 6.45) is 7.50. The second kappa shape index (κ2) is 8.11. The summed E-state index contributed by atoms with van der Waals surface area (Å²) in [5.74, 6) is 1.30. The standard InChI is InChI=1S/C17H23NS/c1-19-13-7-3-2-6-12-18-17-11-10-15-8-4-5-9-16(15)14-17/h4-5,8-11,14,18H,2-3,6-7,12-13H2,1H3. The number of unbranched alkanes of at least 4 members (excludes halogenated alkanes) is 3. The quantitative estimate of drug-likeness (QED) is 0.665. The van der Waals surface area contributed by atoms with Crippen LogP contribution in [0, 0.1) is 0 Å². The summed E-state index contributed by atoms with van der Waals surface area (Å²) in [7, 11) is 0. The molecule has 0 atom stereocenters. The number of anilines is 1. The van der Waals surface area contributed by atoms with E-state index in [2.05, 4.69) is 54.0 Å². The summed E-state index contributed by atoms with van der Waals surface area (Å²) in [4.78, 5) is 0. The first kappa shape index (κ1) is 14.3. The lowest BCUT2D eigenvalue weighted by Gasteiger charge is -2.07. The molecule has 2 heteroatoms. The Morgan fingerprint density at radius 1 is 0.895 bits per heavy atom. The molecular formula is C17H23NS. The van der Waals surface area contributed by atoms with Crippen LogP contribution in [0.3, 0.4) is 0 Å². The molecule has 0 radical (unpaired) electrons. The minimum atomic E-state index is 1.08. The number of nitrogens with one attached hydrogen (secondary N) is 1. The van der Waals surface area contributed by atoms with Gasteiger partial charge in [-0.25, -0.2) is 0 Å². The Morgan fingerprint density at radius 3 is 2.53 bits per heavy atom. The van der Waals surface area contributed by atoms with Gasteiger partial charge < -0.3 is 5.32 Å². The molecule has 2 aromatic carbocycles. The van der Waals surface area contributed by atoms with Crippen molar-refractivity contribution in [3.63, 3.8) is 0 Å². The van der Waals surface area contributed by atoms with E-state index in [4.69, 9.17) is 0 Å². The topological polar surface area (TPSA) is 12.0 Å². The Labute approximate surface area is 120 Å². The van der Waals surface area contributed by atoms with Crippen molar-refractivity contribution >= 4 is 28.2 Å². The van der Waals surface area contributed by atoms with E-state index in [1.54, 1.807) is 0 Å². The van der Waals surface area contributed by atoms with E-state index >= 15 is 0 Å². The fraction of sp³-hybridized carbons (Fsp3) is 0.412. The molecular weight excluding hydrogens is 250 g/mol. The molecule has 0 saturated heterocycles. The van der Waals surface area contributed by atoms with Crippen molar-refractivity contribution in [1.82, 2.24) is 0 Å². The van der Waals surface area contributed by atoms with E-state index in [-0.39, 0.29) is 0 Å². The predicted molar refractivity (Wildman–Crippen MR) is 89.3 cm³/mol. The molecule has 0 aliphatic carbocycles. The molecule has 0 aliphatic rings. The Hall–Kier alpha value is -1.15. The van der Waals surface area contributed by atoms with E-state index in [9.17, 15) is 0 Å². The highest BCUT2D eigenvalue weighted by molar-refractivity contribution is 7.98. The largest absolute Gasteiger partial charge is 0.385 e. The molecule has 102 valence electrons. The van der Waals surface area contributed by atoms with Gasteiger partial charge in [-0.1, -0.05) is 43.2 Å². The van der Waals surface area contributed by atoms with Crippen LogP contribution in [-0.2, 0) is 0 Å². The van der Waals surface area contributed by atoms with Crippen LogP contribution in [0.2, 0.25) is 0 Å². The number of hydrogen-bond donors (Lipinski definition) is 1. The lowest BCUT2D eigenvalue weighted by atomic mass is 10.1. The molecule has 19 heavy (non-hydrogen) atoms. The summed E-state index contributed by atoms with van der Waals surface area (Å²) in [5.41, 5.74) is 1.24. The van der Waals surface area contributed by atoms with Crippen LogP contribution < -0.4 is 5.32 Å². The zero-order valence-corrected chi connectivity index (χ0v) is 12.5. The third kappa shape index (κ3) is 4.79. The van der Waals surface area contributed by atoms with Crippen LogP contribution in [0.4, 0.5) is 5.69 Å². The molecule has 0 saturated carbocycles. The highest BCUT2D eigenvalue weighted by atomic mass is 32.2. The highest BCUT2D eigenvalue weighted by Gasteiger charge is 1.95. The average Bonchev–Trinajstić information content (AvgIpc) is 2.46. The molecule has 0 fully saturated rings. The van der Waals surface area contributed by atoms with Crippen LogP contribution in [0.1, 0.15) is 25.7 Å². The fourth-order valence-corrected chi connectivity index (χ4v) is 2.75. The molecule has 2 aromatic rings. The molecule has 0 amide bonds. The van der Waals surface area contributed by atoms with E-state index in [1.807, 2.05) is 11.8 Å². The van der Waals surface area contributed by atoms with Crippen LogP contribution in [-0.4, -0.2) is 18.6 Å². The zero-order chi connectivity index (χ0) is 13.3. The van der Waals surface area contributed by atoms with Crippen molar-refractivity contribution < 1.29 is 0 Å². The van der Waals surface area contributed by atoms with Gasteiger partial charge in [0.05, 0.1) is 0 Å².